The first-order valence-corrected chi connectivity index (χ1v) is 6.49. The normalized spacial score (nSPS) is 10.5. The lowest BCUT2D eigenvalue weighted by Crippen LogP contribution is -2.07. The van der Waals surface area contributed by atoms with E-state index in [2.05, 4.69) is 39.5 Å². The molecule has 4 heteroatoms. The minimum atomic E-state index is 0.874. The van der Waals surface area contributed by atoms with Gasteiger partial charge in [0.05, 0.1) is 11.9 Å². The maximum Gasteiger partial charge on any atom is 0.113 e. The molecular weight excluding hydrogens is 248 g/mol. The van der Waals surface area contributed by atoms with E-state index in [1.54, 1.807) is 4.68 Å². The predicted molar refractivity (Wildman–Crippen MR) is 81.1 cm³/mol. The van der Waals surface area contributed by atoms with E-state index in [9.17, 15) is 0 Å². The fraction of sp³-hybridized carbons (Fsp3) is 0.125. The summed E-state index contributed by atoms with van der Waals surface area (Å²) in [6, 6.07) is 18.3. The van der Waals surface area contributed by atoms with Crippen molar-refractivity contribution in [2.75, 3.05) is 19.0 Å². The van der Waals surface area contributed by atoms with Crippen molar-refractivity contribution in [3.63, 3.8) is 0 Å². The predicted octanol–water partition coefficient (Wildman–Crippen LogP) is 3.00. The summed E-state index contributed by atoms with van der Waals surface area (Å²) in [6.07, 6.45) is 1.94. The molecule has 0 unspecified atom stereocenters. The molecule has 4 nitrogen and oxygen atoms in total. The number of hydrogen-bond donors (Lipinski definition) is 0. The van der Waals surface area contributed by atoms with Crippen molar-refractivity contribution in [2.24, 2.45) is 0 Å². The molecule has 0 aliphatic rings. The quantitative estimate of drug-likeness (QED) is 0.729. The van der Waals surface area contributed by atoms with Crippen LogP contribution < -0.4 is 4.90 Å². The van der Waals surface area contributed by atoms with Crippen molar-refractivity contribution < 1.29 is 0 Å². The highest BCUT2D eigenvalue weighted by Crippen LogP contribution is 2.21. The first-order valence-electron chi connectivity index (χ1n) is 6.49. The molecule has 0 fully saturated rings. The molecule has 0 bridgehead atoms. The summed E-state index contributed by atoms with van der Waals surface area (Å²) in [5.74, 6) is 0. The van der Waals surface area contributed by atoms with E-state index in [4.69, 9.17) is 0 Å². The molecule has 0 radical (unpaired) electrons. The molecular formula is C16H16N4. The Labute approximate surface area is 118 Å². The van der Waals surface area contributed by atoms with Crippen LogP contribution in [0, 0.1) is 0 Å². The molecule has 3 aromatic rings. The SMILES string of the molecule is CN(C)c1ccc(-c2cn(-c3ccccc3)nn2)cc1. The second-order valence-corrected chi connectivity index (χ2v) is 4.83. The Hall–Kier alpha value is -2.62. The standard InChI is InChI=1S/C16H16N4/c1-19(2)14-10-8-13(9-11-14)16-12-20(18-17-16)15-6-4-3-5-7-15/h3-12H,1-2H3. The number of aromatic nitrogens is 3. The smallest absolute Gasteiger partial charge is 0.113 e. The Balaban J connectivity index is 1.90. The number of nitrogens with zero attached hydrogens (tertiary/aromatic N) is 4. The Morgan fingerprint density at radius 3 is 2.25 bits per heavy atom. The lowest BCUT2D eigenvalue weighted by Gasteiger charge is -2.11. The van der Waals surface area contributed by atoms with Crippen LogP contribution in [0.2, 0.25) is 0 Å². The zero-order valence-electron chi connectivity index (χ0n) is 11.6. The number of benzene rings is 2. The van der Waals surface area contributed by atoms with E-state index in [1.165, 1.54) is 5.69 Å². The van der Waals surface area contributed by atoms with Crippen LogP contribution in [0.15, 0.2) is 60.8 Å². The van der Waals surface area contributed by atoms with Crippen LogP contribution in [0.3, 0.4) is 0 Å². The number of rotatable bonds is 3. The van der Waals surface area contributed by atoms with Gasteiger partial charge in [-0.15, -0.1) is 5.10 Å². The maximum atomic E-state index is 4.24. The lowest BCUT2D eigenvalue weighted by molar-refractivity contribution is 0.804. The maximum absolute atomic E-state index is 4.24. The first kappa shape index (κ1) is 12.4. The molecule has 3 rings (SSSR count). The number of hydrogen-bond acceptors (Lipinski definition) is 3. The molecule has 100 valence electrons. The summed E-state index contributed by atoms with van der Waals surface area (Å²) >= 11 is 0. The van der Waals surface area contributed by atoms with E-state index < -0.39 is 0 Å². The monoisotopic (exact) mass is 264 g/mol. The molecule has 1 heterocycles. The van der Waals surface area contributed by atoms with E-state index in [-0.39, 0.29) is 0 Å². The molecule has 1 aromatic heterocycles. The molecule has 0 spiro atoms. The van der Waals surface area contributed by atoms with Gasteiger partial charge in [0.1, 0.15) is 5.69 Å². The van der Waals surface area contributed by atoms with Crippen molar-refractivity contribution in [3.05, 3.63) is 60.8 Å². The lowest BCUT2D eigenvalue weighted by atomic mass is 10.1. The molecule has 2 aromatic carbocycles. The largest absolute Gasteiger partial charge is 0.378 e. The van der Waals surface area contributed by atoms with Gasteiger partial charge in [0.25, 0.3) is 0 Å². The van der Waals surface area contributed by atoms with Crippen LogP contribution in [0.25, 0.3) is 16.9 Å². The average Bonchev–Trinajstić information content (AvgIpc) is 2.98. The van der Waals surface area contributed by atoms with Crippen LogP contribution in [-0.2, 0) is 0 Å². The molecule has 0 aliphatic heterocycles. The van der Waals surface area contributed by atoms with Gasteiger partial charge in [-0.1, -0.05) is 35.5 Å². The summed E-state index contributed by atoms with van der Waals surface area (Å²) in [7, 11) is 4.06. The molecule has 20 heavy (non-hydrogen) atoms. The minimum absolute atomic E-state index is 0.874. The molecule has 0 atom stereocenters. The first-order chi connectivity index (χ1) is 9.74. The van der Waals surface area contributed by atoms with Gasteiger partial charge in [-0.05, 0) is 24.3 Å². The van der Waals surface area contributed by atoms with Crippen molar-refractivity contribution in [2.45, 2.75) is 0 Å². The Bertz CT molecular complexity index is 684. The molecule has 0 N–H and O–H groups in total. The number of anilines is 1. The topological polar surface area (TPSA) is 34.0 Å². The van der Waals surface area contributed by atoms with E-state index in [1.807, 2.05) is 50.6 Å². The summed E-state index contributed by atoms with van der Waals surface area (Å²) < 4.78 is 1.79. The zero-order chi connectivity index (χ0) is 13.9. The van der Waals surface area contributed by atoms with E-state index >= 15 is 0 Å². The molecule has 0 aliphatic carbocycles. The third kappa shape index (κ3) is 2.40. The molecule has 0 amide bonds. The minimum Gasteiger partial charge on any atom is -0.378 e. The van der Waals surface area contributed by atoms with Gasteiger partial charge < -0.3 is 4.90 Å². The van der Waals surface area contributed by atoms with Crippen molar-refractivity contribution in [1.29, 1.82) is 0 Å². The summed E-state index contributed by atoms with van der Waals surface area (Å²) in [6.45, 7) is 0. The van der Waals surface area contributed by atoms with Crippen LogP contribution >= 0.6 is 0 Å². The highest BCUT2D eigenvalue weighted by molar-refractivity contribution is 5.62. The fourth-order valence-corrected chi connectivity index (χ4v) is 2.03. The third-order valence-corrected chi connectivity index (χ3v) is 3.19. The Morgan fingerprint density at radius 1 is 0.900 bits per heavy atom. The second kappa shape index (κ2) is 5.17. The van der Waals surface area contributed by atoms with Crippen LogP contribution in [0.5, 0.6) is 0 Å². The summed E-state index contributed by atoms with van der Waals surface area (Å²) in [5, 5.41) is 8.41. The van der Waals surface area contributed by atoms with Gasteiger partial charge >= 0.3 is 0 Å². The highest BCUT2D eigenvalue weighted by Gasteiger charge is 2.05. The van der Waals surface area contributed by atoms with E-state index in [0.717, 1.165) is 16.9 Å². The van der Waals surface area contributed by atoms with Gasteiger partial charge in [-0.2, -0.15) is 0 Å². The Kier molecular flexibility index (Phi) is 3.21. The number of para-hydroxylation sites is 1. The Morgan fingerprint density at radius 2 is 1.60 bits per heavy atom. The van der Waals surface area contributed by atoms with Gasteiger partial charge in [0, 0.05) is 25.3 Å². The average molecular weight is 264 g/mol. The van der Waals surface area contributed by atoms with Crippen LogP contribution in [0.1, 0.15) is 0 Å². The van der Waals surface area contributed by atoms with Crippen LogP contribution in [-0.4, -0.2) is 29.1 Å². The summed E-state index contributed by atoms with van der Waals surface area (Å²) in [4.78, 5) is 2.07. The van der Waals surface area contributed by atoms with Crippen molar-refractivity contribution >= 4 is 5.69 Å². The van der Waals surface area contributed by atoms with Gasteiger partial charge in [-0.25, -0.2) is 4.68 Å². The van der Waals surface area contributed by atoms with Crippen molar-refractivity contribution in [3.8, 4) is 16.9 Å². The molecule has 0 saturated carbocycles. The van der Waals surface area contributed by atoms with Crippen LogP contribution in [0.4, 0.5) is 5.69 Å². The van der Waals surface area contributed by atoms with Gasteiger partial charge in [-0.3, -0.25) is 0 Å². The van der Waals surface area contributed by atoms with Crippen molar-refractivity contribution in [1.82, 2.24) is 15.0 Å². The van der Waals surface area contributed by atoms with Gasteiger partial charge in [0.15, 0.2) is 0 Å². The molecule has 0 saturated heterocycles. The fourth-order valence-electron chi connectivity index (χ4n) is 2.03. The second-order valence-electron chi connectivity index (χ2n) is 4.83. The third-order valence-electron chi connectivity index (χ3n) is 3.19. The summed E-state index contributed by atoms with van der Waals surface area (Å²) in [5.41, 5.74) is 4.12. The highest BCUT2D eigenvalue weighted by atomic mass is 15.4. The zero-order valence-corrected chi connectivity index (χ0v) is 11.6. The van der Waals surface area contributed by atoms with E-state index in [0.29, 0.717) is 0 Å². The van der Waals surface area contributed by atoms with Gasteiger partial charge in [0.2, 0.25) is 0 Å².